The van der Waals surface area contributed by atoms with Gasteiger partial charge in [-0.05, 0) is 0 Å². The summed E-state index contributed by atoms with van der Waals surface area (Å²) in [7, 11) is 0. The monoisotopic (exact) mass is 423 g/mol. The Morgan fingerprint density at radius 3 is 1.91 bits per heavy atom. The molecule has 0 nitrogen and oxygen atoms in total. The van der Waals surface area contributed by atoms with Gasteiger partial charge in [0.1, 0.15) is 0 Å². The van der Waals surface area contributed by atoms with Crippen molar-refractivity contribution in [1.29, 1.82) is 0 Å². The van der Waals surface area contributed by atoms with E-state index < -0.39 is 0 Å². The maximum atomic E-state index is 2.42. The smallest absolute Gasteiger partial charge is 0.147 e. The Bertz CT molecular complexity index is 758. The van der Waals surface area contributed by atoms with Gasteiger partial charge < -0.3 is 0 Å². The molecule has 3 heteroatoms. The van der Waals surface area contributed by atoms with E-state index >= 15 is 0 Å². The van der Waals surface area contributed by atoms with Crippen molar-refractivity contribution >= 4 is 30.9 Å². The van der Waals surface area contributed by atoms with Crippen molar-refractivity contribution in [2.75, 3.05) is 0 Å². The number of hydrogen-bond donors (Lipinski definition) is 0. The van der Waals surface area contributed by atoms with Gasteiger partial charge in [0, 0.05) is 0 Å². The molecule has 0 unspecified atom stereocenters. The van der Waals surface area contributed by atoms with E-state index in [1.807, 2.05) is 0 Å². The average Bonchev–Trinajstić information content (AvgIpc) is 2.74. The van der Waals surface area contributed by atoms with Gasteiger partial charge in [-0.15, -0.1) is 24.8 Å². The van der Waals surface area contributed by atoms with Crippen LogP contribution in [0, 0.1) is 27.7 Å². The zero-order valence-corrected chi connectivity index (χ0v) is 18.4. The van der Waals surface area contributed by atoms with Gasteiger partial charge in [-0.1, -0.05) is 0 Å². The van der Waals surface area contributed by atoms with Gasteiger partial charge in [-0.3, -0.25) is 0 Å². The van der Waals surface area contributed by atoms with Crippen LogP contribution in [0.3, 0.4) is 0 Å². The third-order valence-electron chi connectivity index (χ3n) is 4.92. The molecule has 0 radical (unpaired) electrons. The van der Waals surface area contributed by atoms with Crippen molar-refractivity contribution in [3.05, 3.63) is 63.2 Å². The van der Waals surface area contributed by atoms with Crippen LogP contribution in [0.1, 0.15) is 43.9 Å². The molecule has 1 aliphatic carbocycles. The molecule has 0 spiro atoms. The van der Waals surface area contributed by atoms with Crippen LogP contribution < -0.4 is 0 Å². The molecule has 121 valence electrons. The zero-order valence-electron chi connectivity index (χ0n) is 14.3. The number of halogens is 2. The maximum Gasteiger partial charge on any atom is -0.147 e. The van der Waals surface area contributed by atoms with Gasteiger partial charge >= 0.3 is 143 Å². The van der Waals surface area contributed by atoms with Crippen LogP contribution in [0.15, 0.2) is 29.8 Å². The molecular weight excluding hydrogens is 402 g/mol. The summed E-state index contributed by atoms with van der Waals surface area (Å²) in [5, 5.41) is 0. The topological polar surface area (TPSA) is 0 Å². The summed E-state index contributed by atoms with van der Waals surface area (Å²) in [4.78, 5) is 0. The van der Waals surface area contributed by atoms with E-state index in [1.54, 1.807) is 30.3 Å². The molecule has 3 rings (SSSR count). The van der Waals surface area contributed by atoms with Gasteiger partial charge in [0.2, 0.25) is 0 Å². The summed E-state index contributed by atoms with van der Waals surface area (Å²) in [6.45, 7) is 11.3. The van der Waals surface area contributed by atoms with Crippen LogP contribution in [0.25, 0.3) is 17.2 Å². The van der Waals surface area contributed by atoms with Crippen molar-refractivity contribution in [3.63, 3.8) is 0 Å². The zero-order chi connectivity index (χ0) is 15.3. The molecule has 0 N–H and O–H groups in total. The van der Waals surface area contributed by atoms with Crippen molar-refractivity contribution in [2.45, 2.75) is 38.2 Å². The second-order valence-electron chi connectivity index (χ2n) is 6.26. The van der Waals surface area contributed by atoms with Gasteiger partial charge in [0.25, 0.3) is 0 Å². The van der Waals surface area contributed by atoms with Gasteiger partial charge in [-0.25, -0.2) is 0 Å². The van der Waals surface area contributed by atoms with Crippen LogP contribution >= 0.6 is 24.8 Å². The standard InChI is InChI=1S/C20H21.2ClH.Zr/c1-12-6-8-17(9-7-12)20-16(5)14(3)15(4)18-10-13(2)11-19(18)20;;;/h6-11H,1-5H3;2*1H;. The normalized spacial score (nSPS) is 15.3. The van der Waals surface area contributed by atoms with E-state index in [0.717, 1.165) is 0 Å². The number of benzene rings is 2. The van der Waals surface area contributed by atoms with Crippen molar-refractivity contribution in [2.24, 2.45) is 0 Å². The molecule has 0 saturated heterocycles. The molecule has 2 aromatic carbocycles. The van der Waals surface area contributed by atoms with E-state index in [1.165, 1.54) is 44.5 Å². The molecule has 2 aromatic rings. The molecule has 1 aliphatic rings. The van der Waals surface area contributed by atoms with Crippen LogP contribution in [0.2, 0.25) is 0 Å². The second kappa shape index (κ2) is 7.68. The summed E-state index contributed by atoms with van der Waals surface area (Å²) >= 11 is 1.60. The van der Waals surface area contributed by atoms with Gasteiger partial charge in [0.05, 0.1) is 0 Å². The Hall–Kier alpha value is -0.357. The van der Waals surface area contributed by atoms with E-state index in [0.29, 0.717) is 3.63 Å². The molecule has 0 fully saturated rings. The van der Waals surface area contributed by atoms with Crippen LogP contribution in [0.4, 0.5) is 0 Å². The minimum absolute atomic E-state index is 0. The van der Waals surface area contributed by atoms with Gasteiger partial charge in [-0.2, -0.15) is 0 Å². The summed E-state index contributed by atoms with van der Waals surface area (Å²) in [5.74, 6) is 0. The minimum Gasteiger partial charge on any atom is -0.147 e. The predicted molar refractivity (Wildman–Crippen MR) is 102 cm³/mol. The number of allylic oxidation sites excluding steroid dienone is 1. The van der Waals surface area contributed by atoms with Crippen LogP contribution in [0.5, 0.6) is 0 Å². The molecule has 1 atom stereocenters. The number of aryl methyl sites for hydroxylation is 1. The van der Waals surface area contributed by atoms with Crippen LogP contribution in [-0.2, 0) is 24.7 Å². The Balaban J connectivity index is 0.00000132. The minimum atomic E-state index is 0. The SMILES string of the molecule is CC1=Cc2c(-c3ccc(C)cc3)c(C)c(C)c(C)c2[C@H]1[Zr].Cl.Cl. The van der Waals surface area contributed by atoms with E-state index in [4.69, 9.17) is 0 Å². The molecule has 0 aliphatic heterocycles. The third-order valence-corrected chi connectivity index (χ3v) is 6.75. The van der Waals surface area contributed by atoms with Crippen molar-refractivity contribution < 1.29 is 24.7 Å². The first-order valence-corrected chi connectivity index (χ1v) is 8.93. The fraction of sp³-hybridized carbons (Fsp3) is 0.300. The molecule has 23 heavy (non-hydrogen) atoms. The molecule has 0 amide bonds. The average molecular weight is 426 g/mol. The number of fused-ring (bicyclic) bond motifs is 1. The fourth-order valence-corrected chi connectivity index (χ4v) is 4.48. The molecule has 0 heterocycles. The summed E-state index contributed by atoms with van der Waals surface area (Å²) in [6.07, 6.45) is 2.42. The summed E-state index contributed by atoms with van der Waals surface area (Å²) in [6, 6.07) is 8.98. The third kappa shape index (κ3) is 3.39. The Morgan fingerprint density at radius 1 is 0.783 bits per heavy atom. The first kappa shape index (κ1) is 20.7. The van der Waals surface area contributed by atoms with E-state index in [-0.39, 0.29) is 24.8 Å². The number of rotatable bonds is 1. The first-order chi connectivity index (χ1) is 9.91. The van der Waals surface area contributed by atoms with E-state index in [2.05, 4.69) is 65.0 Å². The Labute approximate surface area is 167 Å². The predicted octanol–water partition coefficient (Wildman–Crippen LogP) is 6.44. The van der Waals surface area contributed by atoms with Crippen LogP contribution in [-0.4, -0.2) is 0 Å². The maximum absolute atomic E-state index is 2.42. The van der Waals surface area contributed by atoms with Crippen molar-refractivity contribution in [3.8, 4) is 11.1 Å². The molecule has 0 saturated carbocycles. The Morgan fingerprint density at radius 2 is 1.35 bits per heavy atom. The quantitative estimate of drug-likeness (QED) is 0.493. The molecule has 0 aromatic heterocycles. The first-order valence-electron chi connectivity index (χ1n) is 7.51. The second-order valence-corrected chi connectivity index (χ2v) is 7.68. The van der Waals surface area contributed by atoms with E-state index in [9.17, 15) is 0 Å². The van der Waals surface area contributed by atoms with Gasteiger partial charge in [0.15, 0.2) is 0 Å². The van der Waals surface area contributed by atoms with Crippen molar-refractivity contribution in [1.82, 2.24) is 0 Å². The summed E-state index contributed by atoms with van der Waals surface area (Å²) < 4.78 is 0.635. The largest absolute Gasteiger partial charge is 0.147 e. The number of hydrogen-bond acceptors (Lipinski definition) is 0. The molecular formula is C20H23Cl2Zr. The summed E-state index contributed by atoms with van der Waals surface area (Å²) in [5.41, 5.74) is 13.1. The molecule has 0 bridgehead atoms. The Kier molecular flexibility index (Phi) is 6.91. The fourth-order valence-electron chi connectivity index (χ4n) is 3.36.